The Labute approximate surface area is 173 Å². The van der Waals surface area contributed by atoms with Crippen molar-refractivity contribution in [2.24, 2.45) is 0 Å². The lowest BCUT2D eigenvalue weighted by Crippen LogP contribution is -2.25. The third kappa shape index (κ3) is 5.08. The first-order valence-electron chi connectivity index (χ1n) is 10.3. The van der Waals surface area contributed by atoms with Gasteiger partial charge in [-0.25, -0.2) is 0 Å². The second-order valence-electron chi connectivity index (χ2n) is 7.85. The van der Waals surface area contributed by atoms with Crippen molar-refractivity contribution in [1.82, 2.24) is 0 Å². The van der Waals surface area contributed by atoms with Crippen LogP contribution >= 0.6 is 0 Å². The second-order valence-corrected chi connectivity index (χ2v) is 7.85. The number of fused-ring (bicyclic) bond motifs is 1. The number of alkyl halides is 3. The van der Waals surface area contributed by atoms with Gasteiger partial charge in [0.15, 0.2) is 0 Å². The quantitative estimate of drug-likeness (QED) is 0.728. The van der Waals surface area contributed by atoms with E-state index in [0.717, 1.165) is 54.5 Å². The molecule has 2 aromatic carbocycles. The zero-order valence-electron chi connectivity index (χ0n) is 16.6. The molecule has 0 bridgehead atoms. The highest BCUT2D eigenvalue weighted by atomic mass is 19.4. The van der Waals surface area contributed by atoms with E-state index in [-0.39, 0.29) is 24.6 Å². The van der Waals surface area contributed by atoms with Crippen molar-refractivity contribution in [2.75, 3.05) is 13.2 Å². The number of rotatable bonds is 5. The fraction of sp³-hybridized carbons (Fsp3) is 0.478. The summed E-state index contributed by atoms with van der Waals surface area (Å²) >= 11 is 0. The molecule has 0 unspecified atom stereocenters. The topological polar surface area (TPSA) is 47.9 Å². The molecule has 2 aromatic rings. The Kier molecular flexibility index (Phi) is 6.20. The van der Waals surface area contributed by atoms with E-state index in [0.29, 0.717) is 18.6 Å². The molecular formula is C23H25F3O4. The van der Waals surface area contributed by atoms with Gasteiger partial charge in [0, 0.05) is 6.42 Å². The lowest BCUT2D eigenvalue weighted by Gasteiger charge is -2.29. The molecule has 0 radical (unpaired) electrons. The number of aryl methyl sites for hydroxylation is 1. The van der Waals surface area contributed by atoms with Crippen molar-refractivity contribution in [3.8, 4) is 11.5 Å². The highest BCUT2D eigenvalue weighted by Crippen LogP contribution is 2.36. The average Bonchev–Trinajstić information content (AvgIpc) is 2.74. The minimum absolute atomic E-state index is 0.0597. The fourth-order valence-corrected chi connectivity index (χ4v) is 4.18. The van der Waals surface area contributed by atoms with Crippen LogP contribution in [-0.4, -0.2) is 30.8 Å². The molecule has 4 nitrogen and oxygen atoms in total. The summed E-state index contributed by atoms with van der Waals surface area (Å²) in [4.78, 5) is 0. The normalized spacial score (nSPS) is 21.6. The number of hydrogen-bond donors (Lipinski definition) is 1. The zero-order valence-corrected chi connectivity index (χ0v) is 16.6. The van der Waals surface area contributed by atoms with Crippen LogP contribution in [0.15, 0.2) is 36.4 Å². The number of benzene rings is 2. The second kappa shape index (κ2) is 8.86. The van der Waals surface area contributed by atoms with Gasteiger partial charge in [0.1, 0.15) is 11.5 Å². The lowest BCUT2D eigenvalue weighted by atomic mass is 9.94. The van der Waals surface area contributed by atoms with Crippen molar-refractivity contribution in [3.63, 3.8) is 0 Å². The predicted molar refractivity (Wildman–Crippen MR) is 105 cm³/mol. The highest BCUT2D eigenvalue weighted by Gasteiger charge is 2.32. The summed E-state index contributed by atoms with van der Waals surface area (Å²) in [7, 11) is 0. The summed E-state index contributed by atoms with van der Waals surface area (Å²) in [6, 6.07) is 10.5. The predicted octanol–water partition coefficient (Wildman–Crippen LogP) is 5.10. The van der Waals surface area contributed by atoms with Crippen LogP contribution in [0, 0.1) is 0 Å². The largest absolute Gasteiger partial charge is 0.573 e. The van der Waals surface area contributed by atoms with Gasteiger partial charge in [0.05, 0.1) is 25.4 Å². The third-order valence-corrected chi connectivity index (χ3v) is 5.60. The Hall–Kier alpha value is -2.25. The van der Waals surface area contributed by atoms with Crippen molar-refractivity contribution < 1.29 is 32.5 Å². The van der Waals surface area contributed by atoms with Crippen LogP contribution in [0.2, 0.25) is 0 Å². The van der Waals surface area contributed by atoms with Gasteiger partial charge in [0.2, 0.25) is 0 Å². The maximum Gasteiger partial charge on any atom is 0.573 e. The zero-order chi connectivity index (χ0) is 21.1. The van der Waals surface area contributed by atoms with Gasteiger partial charge in [-0.05, 0) is 72.6 Å². The molecule has 2 heterocycles. The molecule has 4 rings (SSSR count). The fourth-order valence-electron chi connectivity index (χ4n) is 4.18. The van der Waals surface area contributed by atoms with Crippen LogP contribution < -0.4 is 9.47 Å². The van der Waals surface area contributed by atoms with E-state index in [4.69, 9.17) is 9.47 Å². The van der Waals surface area contributed by atoms with E-state index in [2.05, 4.69) is 4.74 Å². The van der Waals surface area contributed by atoms with Gasteiger partial charge in [-0.15, -0.1) is 13.2 Å². The van der Waals surface area contributed by atoms with E-state index < -0.39 is 6.36 Å². The molecule has 0 saturated carbocycles. The summed E-state index contributed by atoms with van der Waals surface area (Å²) in [5.74, 6) is 0.644. The summed E-state index contributed by atoms with van der Waals surface area (Å²) in [5.41, 5.74) is 3.24. The summed E-state index contributed by atoms with van der Waals surface area (Å²) in [6.45, 7) is 0.629. The molecule has 2 aliphatic heterocycles. The van der Waals surface area contributed by atoms with E-state index in [9.17, 15) is 18.3 Å². The first-order chi connectivity index (χ1) is 14.4. The number of hydrogen-bond acceptors (Lipinski definition) is 4. The average molecular weight is 422 g/mol. The monoisotopic (exact) mass is 422 g/mol. The summed E-state index contributed by atoms with van der Waals surface area (Å²) in [6.07, 6.45) is -0.654. The van der Waals surface area contributed by atoms with Gasteiger partial charge in [-0.3, -0.25) is 0 Å². The molecule has 0 amide bonds. The molecule has 1 saturated heterocycles. The molecular weight excluding hydrogens is 397 g/mol. The van der Waals surface area contributed by atoms with E-state index >= 15 is 0 Å². The first kappa shape index (κ1) is 21.0. The Morgan fingerprint density at radius 1 is 1.07 bits per heavy atom. The molecule has 2 aliphatic rings. The Bertz CT molecular complexity index is 881. The summed E-state index contributed by atoms with van der Waals surface area (Å²) in [5, 5.41) is 9.39. The van der Waals surface area contributed by atoms with Crippen LogP contribution in [0.4, 0.5) is 13.2 Å². The van der Waals surface area contributed by atoms with Gasteiger partial charge in [0.25, 0.3) is 0 Å². The van der Waals surface area contributed by atoms with Crippen molar-refractivity contribution in [3.05, 3.63) is 58.7 Å². The molecule has 0 spiro atoms. The highest BCUT2D eigenvalue weighted by molar-refractivity contribution is 5.44. The third-order valence-electron chi connectivity index (χ3n) is 5.60. The molecule has 162 valence electrons. The van der Waals surface area contributed by atoms with Gasteiger partial charge < -0.3 is 19.3 Å². The molecule has 30 heavy (non-hydrogen) atoms. The Balaban J connectivity index is 1.63. The molecule has 2 atom stereocenters. The minimum Gasteiger partial charge on any atom is -0.493 e. The number of aliphatic hydroxyl groups is 1. The Morgan fingerprint density at radius 2 is 1.93 bits per heavy atom. The smallest absolute Gasteiger partial charge is 0.493 e. The maximum absolute atomic E-state index is 12.9. The minimum atomic E-state index is -4.76. The number of ether oxygens (including phenoxy) is 3. The van der Waals surface area contributed by atoms with E-state index in [1.165, 1.54) is 6.07 Å². The van der Waals surface area contributed by atoms with Crippen LogP contribution in [0.5, 0.6) is 11.5 Å². The van der Waals surface area contributed by atoms with Crippen LogP contribution in [0.25, 0.3) is 0 Å². The molecule has 7 heteroatoms. The van der Waals surface area contributed by atoms with Crippen LogP contribution in [-0.2, 0) is 17.6 Å². The molecule has 0 aliphatic carbocycles. The standard InChI is InChI=1S/C23H25F3O4/c24-23(25,26)30-22-9-7-17(21-5-1-4-19(14-27)29-21)13-18(22)12-15-6-8-20-16(11-15)3-2-10-28-20/h6-9,11,13,19,21,27H,1-5,10,12,14H2/t19-,21+/m1/s1. The maximum atomic E-state index is 12.9. The molecule has 1 fully saturated rings. The van der Waals surface area contributed by atoms with Gasteiger partial charge in [-0.1, -0.05) is 18.2 Å². The Morgan fingerprint density at radius 3 is 2.73 bits per heavy atom. The van der Waals surface area contributed by atoms with Crippen molar-refractivity contribution >= 4 is 0 Å². The lowest BCUT2D eigenvalue weighted by molar-refractivity contribution is -0.274. The van der Waals surface area contributed by atoms with Gasteiger partial charge >= 0.3 is 6.36 Å². The van der Waals surface area contributed by atoms with Crippen molar-refractivity contribution in [2.45, 2.75) is 57.1 Å². The van der Waals surface area contributed by atoms with Gasteiger partial charge in [-0.2, -0.15) is 0 Å². The van der Waals surface area contributed by atoms with E-state index in [1.807, 2.05) is 18.2 Å². The van der Waals surface area contributed by atoms with E-state index in [1.54, 1.807) is 12.1 Å². The number of aliphatic hydroxyl groups excluding tert-OH is 1. The van der Waals surface area contributed by atoms with Crippen LogP contribution in [0.1, 0.15) is 54.0 Å². The first-order valence-corrected chi connectivity index (χ1v) is 10.3. The van der Waals surface area contributed by atoms with Crippen molar-refractivity contribution in [1.29, 1.82) is 0 Å². The van der Waals surface area contributed by atoms with Crippen LogP contribution in [0.3, 0.4) is 0 Å². The molecule has 1 N–H and O–H groups in total. The summed E-state index contributed by atoms with van der Waals surface area (Å²) < 4.78 is 54.7. The molecule has 0 aromatic heterocycles. The SMILES string of the molecule is OC[C@H]1CCC[C@@H](c2ccc(OC(F)(F)F)c(Cc3ccc4c(c3)CCCO4)c2)O1. The number of halogens is 3.